The summed E-state index contributed by atoms with van der Waals surface area (Å²) in [5.41, 5.74) is -49.1. The Balaban J connectivity index is 7.40. The molecule has 0 atom stereocenters. The van der Waals surface area contributed by atoms with E-state index in [1.165, 1.54) is 0 Å². The van der Waals surface area contributed by atoms with Crippen LogP contribution in [0.15, 0.2) is 0 Å². The quantitative estimate of drug-likeness (QED) is 0.158. The Bertz CT molecular complexity index is 2340. The molecule has 0 aliphatic rings. The Morgan fingerprint density at radius 3 is 0.524 bits per heavy atom. The molecule has 0 aromatic heterocycles. The fourth-order valence-electron chi connectivity index (χ4n) is 3.73. The highest BCUT2D eigenvalue weighted by Gasteiger charge is 2.64. The molecule has 0 fully saturated rings. The number of rotatable bonds is 20. The van der Waals surface area contributed by atoms with Crippen LogP contribution in [0.5, 0.6) is 0 Å². The van der Waals surface area contributed by atoms with Crippen molar-refractivity contribution >= 4 is 70.2 Å². The fraction of sp³-hybridized carbons (Fsp3) is 1.00. The van der Waals surface area contributed by atoms with E-state index >= 15 is 0 Å². The van der Waals surface area contributed by atoms with Gasteiger partial charge in [-0.1, -0.05) is 7.42 Å². The second-order valence-electron chi connectivity index (χ2n) is 10.7. The molecule has 0 saturated heterocycles. The summed E-state index contributed by atoms with van der Waals surface area (Å²) in [6.45, 7) is -22.5. The summed E-state index contributed by atoms with van der Waals surface area (Å²) < 4.78 is 432. The molecule has 47 heteroatoms. The number of halogens is 21. The van der Waals surface area contributed by atoms with E-state index in [0.717, 1.165) is 0 Å². The van der Waals surface area contributed by atoms with E-state index in [1.54, 1.807) is 0 Å². The van der Waals surface area contributed by atoms with Gasteiger partial charge in [-0.05, 0) is 6.42 Å². The number of nitrogens with zero attached hydrogens (tertiary/aromatic N) is 5. The topological polar surface area (TPSA) is 255 Å². The molecule has 0 rings (SSSR count). The lowest BCUT2D eigenvalue weighted by atomic mass is 10.4. The lowest BCUT2D eigenvalue weighted by Crippen LogP contribution is -2.54. The molecule has 0 aromatic rings. The van der Waals surface area contributed by atoms with Gasteiger partial charge in [0.2, 0.25) is 0 Å². The van der Waals surface area contributed by atoms with Crippen molar-refractivity contribution in [3.8, 4) is 0 Å². The maximum atomic E-state index is 13.5. The third kappa shape index (κ3) is 13.1. The van der Waals surface area contributed by atoms with Crippen LogP contribution in [0.4, 0.5) is 92.2 Å². The van der Waals surface area contributed by atoms with Gasteiger partial charge in [0, 0.05) is 52.4 Å². The summed E-state index contributed by atoms with van der Waals surface area (Å²) in [4.78, 5) is 0. The molecule has 0 N–H and O–H groups in total. The minimum absolute atomic E-state index is 1.46. The predicted octanol–water partition coefficient (Wildman–Crippen LogP) is 1.83. The van der Waals surface area contributed by atoms with Gasteiger partial charge in [-0.25, -0.2) is 58.9 Å². The van der Waals surface area contributed by atoms with Crippen LogP contribution in [0.2, 0.25) is 0 Å². The molecule has 0 saturated carbocycles. The van der Waals surface area contributed by atoms with Crippen molar-refractivity contribution in [3.05, 3.63) is 0 Å². The van der Waals surface area contributed by atoms with Crippen LogP contribution in [0.1, 0.15) is 6.42 Å². The minimum Gasteiger partial charge on any atom is -0.203 e. The first-order valence-electron chi connectivity index (χ1n) is 14.0. The monoisotopic (exact) mass is 1130 g/mol. The van der Waals surface area contributed by atoms with Crippen molar-refractivity contribution in [1.29, 1.82) is 0 Å². The van der Waals surface area contributed by atoms with E-state index in [0.29, 0.717) is 0 Å². The maximum Gasteiger partial charge on any atom is 0.512 e. The molecular weight excluding hydrogens is 1110 g/mol. The van der Waals surface area contributed by atoms with Crippen LogP contribution >= 0.6 is 0 Å². The van der Waals surface area contributed by atoms with E-state index in [4.69, 9.17) is 0 Å². The Labute approximate surface area is 338 Å². The van der Waals surface area contributed by atoms with Gasteiger partial charge in [0.15, 0.2) is 0 Å². The molecule has 380 valence electrons. The van der Waals surface area contributed by atoms with Gasteiger partial charge in [-0.15, -0.1) is 0 Å². The van der Waals surface area contributed by atoms with Crippen LogP contribution in [0.3, 0.4) is 0 Å². The van der Waals surface area contributed by atoms with Crippen molar-refractivity contribution in [2.45, 2.75) is 45.0 Å². The highest BCUT2D eigenvalue weighted by Crippen LogP contribution is 2.38. The third-order valence-electron chi connectivity index (χ3n) is 6.62. The highest BCUT2D eigenvalue weighted by molar-refractivity contribution is 8.05. The number of alkyl halides is 21. The standard InChI is InChI=1S/C16H18F21N5O14S7/c17-10(18,19)57(43,44)38(4-5-40(59(47,48)12(23,24)25)7-9-42(62(53,54)15(32,33)34)63(55,56)16(35,36)37)2-1-3-39(58(45,46)11(20,21)22)6-8-41(60(49,50)13(26,27)28)61(51,52)14(29,30)31/h1-9H2. The van der Waals surface area contributed by atoms with E-state index in [1.807, 2.05) is 0 Å². The van der Waals surface area contributed by atoms with Gasteiger partial charge in [-0.2, -0.15) is 105 Å². The second-order valence-corrected chi connectivity index (χ2v) is 24.4. The summed E-state index contributed by atoms with van der Waals surface area (Å²) in [6, 6.07) is 0. The first-order chi connectivity index (χ1) is 27.0. The van der Waals surface area contributed by atoms with Gasteiger partial charge in [0.05, 0.1) is 0 Å². The smallest absolute Gasteiger partial charge is 0.203 e. The van der Waals surface area contributed by atoms with Gasteiger partial charge in [0.1, 0.15) is 0 Å². The summed E-state index contributed by atoms with van der Waals surface area (Å²) in [5.74, 6) is 0. The van der Waals surface area contributed by atoms with Gasteiger partial charge in [-0.3, -0.25) is 0 Å². The van der Waals surface area contributed by atoms with Crippen LogP contribution in [-0.4, -0.2) is 170 Å². The molecule has 0 spiro atoms. The highest BCUT2D eigenvalue weighted by atomic mass is 32.3. The first kappa shape index (κ1) is 61.0. The Kier molecular flexibility index (Phi) is 18.0. The molecule has 0 aliphatic heterocycles. The van der Waals surface area contributed by atoms with E-state index in [-0.39, 0.29) is 0 Å². The summed E-state index contributed by atoms with van der Waals surface area (Å²) in [6.07, 6.45) is -2.14. The SMILES string of the molecule is O=S(=O)(N(CCCN(CCN(S(=O)(=O)C(F)(F)F)S(=O)(=O)C(F)(F)F)S(=O)(=O)C(F)(F)F)CCN(CCN(S(=O)(=O)C(F)(F)F)S(=O)(=O)C(F)(F)F)S(=O)(=O)C(F)(F)F)C(F)(F)F. The predicted molar refractivity (Wildman–Crippen MR) is 158 cm³/mol. The van der Waals surface area contributed by atoms with Crippen molar-refractivity contribution in [2.75, 3.05) is 52.4 Å². The summed E-state index contributed by atoms with van der Waals surface area (Å²) >= 11 is 0. The molecule has 0 radical (unpaired) electrons. The van der Waals surface area contributed by atoms with Crippen LogP contribution < -0.4 is 0 Å². The van der Waals surface area contributed by atoms with Crippen LogP contribution in [0, 0.1) is 0 Å². The maximum absolute atomic E-state index is 13.5. The summed E-state index contributed by atoms with van der Waals surface area (Å²) in [5, 5.41) is 0. The van der Waals surface area contributed by atoms with Gasteiger partial charge < -0.3 is 0 Å². The Hall–Kier alpha value is -2.02. The molecule has 19 nitrogen and oxygen atoms in total. The van der Waals surface area contributed by atoms with Gasteiger partial charge in [0.25, 0.3) is 0 Å². The Morgan fingerprint density at radius 1 is 0.222 bits per heavy atom. The average Bonchev–Trinajstić information content (AvgIpc) is 2.99. The lowest BCUT2D eigenvalue weighted by molar-refractivity contribution is -0.0547. The molecule has 0 heterocycles. The number of hydrogen-bond acceptors (Lipinski definition) is 14. The minimum atomic E-state index is -7.96. The van der Waals surface area contributed by atoms with E-state index in [2.05, 4.69) is 0 Å². The zero-order chi connectivity index (χ0) is 51.3. The van der Waals surface area contributed by atoms with Crippen molar-refractivity contribution < 1.29 is 151 Å². The summed E-state index contributed by atoms with van der Waals surface area (Å²) in [7, 11) is -54.0. The average molecular weight is 1130 g/mol. The van der Waals surface area contributed by atoms with Crippen molar-refractivity contribution in [2.24, 2.45) is 0 Å². The van der Waals surface area contributed by atoms with E-state index in [9.17, 15) is 151 Å². The molecular formula is C16H18F21N5O14S7. The van der Waals surface area contributed by atoms with Crippen LogP contribution in [0.25, 0.3) is 0 Å². The van der Waals surface area contributed by atoms with Crippen molar-refractivity contribution in [1.82, 2.24) is 20.3 Å². The number of sulfonamides is 7. The molecule has 63 heavy (non-hydrogen) atoms. The molecule has 0 bridgehead atoms. The molecule has 0 unspecified atom stereocenters. The fourth-order valence-corrected chi connectivity index (χ4v) is 11.9. The first-order valence-corrected chi connectivity index (χ1v) is 24.1. The Morgan fingerprint density at radius 2 is 0.365 bits per heavy atom. The molecule has 0 aromatic carbocycles. The second kappa shape index (κ2) is 18.6. The zero-order valence-electron chi connectivity index (χ0n) is 28.6. The third-order valence-corrected chi connectivity index (χ3v) is 19.1. The largest absolute Gasteiger partial charge is 0.512 e. The molecule has 0 amide bonds. The normalized spacial score (nSPS) is 16.0. The lowest BCUT2D eigenvalue weighted by Gasteiger charge is -2.30. The van der Waals surface area contributed by atoms with Crippen molar-refractivity contribution in [3.63, 3.8) is 0 Å². The molecule has 0 aliphatic carbocycles. The zero-order valence-corrected chi connectivity index (χ0v) is 34.3. The number of hydrogen-bond donors (Lipinski definition) is 0. The van der Waals surface area contributed by atoms with E-state index < -0.39 is 188 Å². The van der Waals surface area contributed by atoms with Gasteiger partial charge >= 0.3 is 109 Å². The van der Waals surface area contributed by atoms with Crippen LogP contribution in [-0.2, 0) is 70.2 Å².